The number of alkyl halides is 1. The molecule has 0 spiro atoms. The predicted molar refractivity (Wildman–Crippen MR) is 49.5 cm³/mol. The maximum absolute atomic E-state index is 10.9. The zero-order valence-corrected chi connectivity index (χ0v) is 7.76. The third-order valence-corrected chi connectivity index (χ3v) is 1.78. The van der Waals surface area contributed by atoms with Crippen molar-refractivity contribution in [1.29, 1.82) is 0 Å². The first-order chi connectivity index (χ1) is 6.09. The van der Waals surface area contributed by atoms with Crippen LogP contribution in [0.15, 0.2) is 23.1 Å². The number of hydrogen-bond acceptors (Lipinski definition) is 2. The Bertz CT molecular complexity index is 361. The van der Waals surface area contributed by atoms with Crippen molar-refractivity contribution in [2.24, 2.45) is 0 Å². The Morgan fingerprint density at radius 1 is 1.69 bits per heavy atom. The van der Waals surface area contributed by atoms with Gasteiger partial charge in [-0.3, -0.25) is 9.59 Å². The highest BCUT2D eigenvalue weighted by Crippen LogP contribution is 2.13. The number of rotatable bonds is 2. The average molecular weight is 201 g/mol. The molecule has 0 aliphatic rings. The van der Waals surface area contributed by atoms with Crippen molar-refractivity contribution in [2.45, 2.75) is 12.4 Å². The summed E-state index contributed by atoms with van der Waals surface area (Å²) in [5.74, 6) is -0.236. The van der Waals surface area contributed by atoms with Crippen LogP contribution < -0.4 is 10.9 Å². The van der Waals surface area contributed by atoms with Crippen LogP contribution in [0, 0.1) is 0 Å². The Balaban J connectivity index is 2.82. The van der Waals surface area contributed by atoms with E-state index in [1.807, 2.05) is 0 Å². The highest BCUT2D eigenvalue weighted by molar-refractivity contribution is 6.21. The molecular weight excluding hydrogens is 192 g/mol. The van der Waals surface area contributed by atoms with Gasteiger partial charge in [0.15, 0.2) is 0 Å². The zero-order valence-electron chi connectivity index (χ0n) is 7.00. The van der Waals surface area contributed by atoms with Crippen molar-refractivity contribution in [2.75, 3.05) is 0 Å². The quantitative estimate of drug-likeness (QED) is 0.547. The van der Waals surface area contributed by atoms with Gasteiger partial charge in [0.2, 0.25) is 11.5 Å². The number of amides is 1. The zero-order chi connectivity index (χ0) is 9.84. The highest BCUT2D eigenvalue weighted by atomic mass is 35.5. The first-order valence-corrected chi connectivity index (χ1v) is 4.13. The summed E-state index contributed by atoms with van der Waals surface area (Å²) >= 11 is 5.79. The smallest absolute Gasteiger partial charge is 0.248 e. The third-order valence-electron chi connectivity index (χ3n) is 1.42. The number of aromatic nitrogens is 1. The molecule has 1 amide bonds. The lowest BCUT2D eigenvalue weighted by Crippen LogP contribution is -2.23. The Labute approximate surface area is 79.9 Å². The van der Waals surface area contributed by atoms with Gasteiger partial charge in [0.05, 0.1) is 0 Å². The van der Waals surface area contributed by atoms with Crippen LogP contribution in [0.25, 0.3) is 0 Å². The van der Waals surface area contributed by atoms with Crippen molar-refractivity contribution in [1.82, 2.24) is 10.3 Å². The number of aromatic amines is 1. The topological polar surface area (TPSA) is 62.0 Å². The van der Waals surface area contributed by atoms with Gasteiger partial charge < -0.3 is 10.3 Å². The van der Waals surface area contributed by atoms with E-state index in [9.17, 15) is 9.59 Å². The molecule has 1 aromatic heterocycles. The molecule has 0 aliphatic carbocycles. The molecule has 5 heteroatoms. The predicted octanol–water partition coefficient (Wildman–Crippen LogP) is 0.748. The second kappa shape index (κ2) is 4.09. The molecule has 1 heterocycles. The second-order valence-corrected chi connectivity index (χ2v) is 2.99. The average Bonchev–Trinajstić information content (AvgIpc) is 2.03. The minimum atomic E-state index is -0.653. The lowest BCUT2D eigenvalue weighted by Gasteiger charge is -2.09. The molecule has 0 aliphatic heterocycles. The Morgan fingerprint density at radius 3 is 2.92 bits per heavy atom. The van der Waals surface area contributed by atoms with Crippen LogP contribution in [-0.4, -0.2) is 10.9 Å². The van der Waals surface area contributed by atoms with Gasteiger partial charge in [-0.1, -0.05) is 11.6 Å². The molecule has 0 aromatic carbocycles. The van der Waals surface area contributed by atoms with Crippen molar-refractivity contribution < 1.29 is 4.79 Å². The molecule has 0 fully saturated rings. The molecule has 4 nitrogen and oxygen atoms in total. The van der Waals surface area contributed by atoms with Crippen LogP contribution in [0.1, 0.15) is 18.0 Å². The fourth-order valence-corrected chi connectivity index (χ4v) is 1.17. The number of pyridine rings is 1. The minimum absolute atomic E-state index is 0.236. The number of H-pyrrole nitrogens is 1. The molecule has 1 atom stereocenters. The van der Waals surface area contributed by atoms with Crippen molar-refractivity contribution >= 4 is 17.5 Å². The molecule has 0 bridgehead atoms. The van der Waals surface area contributed by atoms with Gasteiger partial charge in [0.25, 0.3) is 0 Å². The molecule has 1 aromatic rings. The summed E-state index contributed by atoms with van der Waals surface area (Å²) in [6.45, 7) is 1.36. The molecule has 70 valence electrons. The van der Waals surface area contributed by atoms with E-state index in [4.69, 9.17) is 11.6 Å². The lowest BCUT2D eigenvalue weighted by atomic mass is 10.2. The van der Waals surface area contributed by atoms with Crippen LogP contribution >= 0.6 is 11.6 Å². The summed E-state index contributed by atoms with van der Waals surface area (Å²) < 4.78 is 0. The molecule has 0 saturated heterocycles. The van der Waals surface area contributed by atoms with Crippen molar-refractivity contribution in [3.05, 3.63) is 34.2 Å². The van der Waals surface area contributed by atoms with E-state index in [0.29, 0.717) is 5.56 Å². The monoisotopic (exact) mass is 200 g/mol. The van der Waals surface area contributed by atoms with Gasteiger partial charge >= 0.3 is 0 Å². The van der Waals surface area contributed by atoms with Crippen LogP contribution in [0.4, 0.5) is 0 Å². The first kappa shape index (κ1) is 9.80. The Morgan fingerprint density at radius 2 is 2.38 bits per heavy atom. The maximum atomic E-state index is 10.9. The molecule has 0 radical (unpaired) electrons. The summed E-state index contributed by atoms with van der Waals surface area (Å²) in [5, 5.41) is 2.46. The SMILES string of the molecule is CC(=O)NC(Cl)c1cc[nH]c(=O)c1. The van der Waals surface area contributed by atoms with E-state index in [2.05, 4.69) is 10.3 Å². The van der Waals surface area contributed by atoms with E-state index in [-0.39, 0.29) is 11.5 Å². The largest absolute Gasteiger partial charge is 0.336 e. The van der Waals surface area contributed by atoms with E-state index in [1.54, 1.807) is 6.07 Å². The summed E-state index contributed by atoms with van der Waals surface area (Å²) in [7, 11) is 0. The fraction of sp³-hybridized carbons (Fsp3) is 0.250. The van der Waals surface area contributed by atoms with E-state index in [0.717, 1.165) is 0 Å². The second-order valence-electron chi connectivity index (χ2n) is 2.55. The first-order valence-electron chi connectivity index (χ1n) is 3.69. The molecule has 0 saturated carbocycles. The van der Waals surface area contributed by atoms with Crippen molar-refractivity contribution in [3.63, 3.8) is 0 Å². The minimum Gasteiger partial charge on any atom is -0.336 e. The van der Waals surface area contributed by atoms with Gasteiger partial charge in [-0.05, 0) is 11.6 Å². The van der Waals surface area contributed by atoms with Gasteiger partial charge in [-0.25, -0.2) is 0 Å². The Kier molecular flexibility index (Phi) is 3.08. The van der Waals surface area contributed by atoms with Crippen molar-refractivity contribution in [3.8, 4) is 0 Å². The normalized spacial score (nSPS) is 12.2. The third kappa shape index (κ3) is 2.91. The van der Waals surface area contributed by atoms with E-state index < -0.39 is 5.50 Å². The standard InChI is InChI=1S/C8H9ClN2O2/c1-5(12)11-8(9)6-2-3-10-7(13)4-6/h2-4,8H,1H3,(H,10,13)(H,11,12). The molecular formula is C8H9ClN2O2. The Hall–Kier alpha value is -1.29. The van der Waals surface area contributed by atoms with E-state index in [1.165, 1.54) is 19.2 Å². The maximum Gasteiger partial charge on any atom is 0.248 e. The molecule has 13 heavy (non-hydrogen) atoms. The fourth-order valence-electron chi connectivity index (χ4n) is 0.881. The molecule has 2 N–H and O–H groups in total. The van der Waals surface area contributed by atoms with Crippen LogP contribution in [0.5, 0.6) is 0 Å². The number of halogens is 1. The highest BCUT2D eigenvalue weighted by Gasteiger charge is 2.08. The van der Waals surface area contributed by atoms with Gasteiger partial charge in [0, 0.05) is 19.2 Å². The van der Waals surface area contributed by atoms with Crippen LogP contribution in [0.3, 0.4) is 0 Å². The van der Waals surface area contributed by atoms with Gasteiger partial charge in [0.1, 0.15) is 5.50 Å². The summed E-state index contributed by atoms with van der Waals surface area (Å²) in [5.41, 5.74) is -0.325. The number of hydrogen-bond donors (Lipinski definition) is 2. The number of nitrogens with one attached hydrogen (secondary N) is 2. The van der Waals surface area contributed by atoms with Crippen LogP contribution in [-0.2, 0) is 4.79 Å². The summed E-state index contributed by atoms with van der Waals surface area (Å²) in [4.78, 5) is 23.9. The number of carbonyl (C=O) groups is 1. The van der Waals surface area contributed by atoms with Gasteiger partial charge in [-0.15, -0.1) is 0 Å². The summed E-state index contributed by atoms with van der Waals surface area (Å²) in [6.07, 6.45) is 1.48. The molecule has 1 rings (SSSR count). The van der Waals surface area contributed by atoms with Gasteiger partial charge in [-0.2, -0.15) is 0 Å². The molecule has 1 unspecified atom stereocenters. The van der Waals surface area contributed by atoms with E-state index >= 15 is 0 Å². The summed E-state index contributed by atoms with van der Waals surface area (Å²) in [6, 6.07) is 2.97. The van der Waals surface area contributed by atoms with Crippen LogP contribution in [0.2, 0.25) is 0 Å². The number of carbonyl (C=O) groups excluding carboxylic acids is 1. The lowest BCUT2D eigenvalue weighted by molar-refractivity contribution is -0.119.